The van der Waals surface area contributed by atoms with E-state index in [1.54, 1.807) is 82.1 Å². The quantitative estimate of drug-likeness (QED) is 0.311. The second-order valence-electron chi connectivity index (χ2n) is 10.6. The van der Waals surface area contributed by atoms with Crippen LogP contribution in [0.3, 0.4) is 0 Å². The number of hydrogen-bond acceptors (Lipinski definition) is 7. The summed E-state index contributed by atoms with van der Waals surface area (Å²) in [4.78, 5) is 23.8. The maximum Gasteiger partial charge on any atom is 0.269 e. The molecule has 214 valence electrons. The molecule has 1 N–H and O–H groups in total. The predicted molar refractivity (Wildman–Crippen MR) is 162 cm³/mol. The highest BCUT2D eigenvalue weighted by molar-refractivity contribution is 7.90. The molecule has 0 radical (unpaired) electrons. The summed E-state index contributed by atoms with van der Waals surface area (Å²) in [5.41, 5.74) is 7.21. The first kappa shape index (κ1) is 27.6. The molecule has 2 aromatic heterocycles. The van der Waals surface area contributed by atoms with E-state index in [1.165, 1.54) is 14.4 Å². The Morgan fingerprint density at radius 3 is 2.45 bits per heavy atom. The van der Waals surface area contributed by atoms with Crippen LogP contribution in [-0.2, 0) is 23.0 Å². The van der Waals surface area contributed by atoms with Crippen molar-refractivity contribution in [3.63, 3.8) is 0 Å². The van der Waals surface area contributed by atoms with Gasteiger partial charge in [-0.1, -0.05) is 29.8 Å². The van der Waals surface area contributed by atoms with Gasteiger partial charge in [0.25, 0.3) is 15.9 Å². The molecule has 10 heteroatoms. The first-order valence-electron chi connectivity index (χ1n) is 13.6. The van der Waals surface area contributed by atoms with Crippen molar-refractivity contribution in [1.82, 2.24) is 24.2 Å². The Morgan fingerprint density at radius 1 is 1.02 bits per heavy atom. The van der Waals surface area contributed by atoms with Gasteiger partial charge >= 0.3 is 0 Å². The average Bonchev–Trinajstić information content (AvgIpc) is 3.40. The van der Waals surface area contributed by atoms with Crippen molar-refractivity contribution in [1.29, 1.82) is 0 Å². The van der Waals surface area contributed by atoms with Gasteiger partial charge in [0.15, 0.2) is 5.65 Å². The van der Waals surface area contributed by atoms with Gasteiger partial charge in [-0.15, -0.1) is 0 Å². The molecular formula is C32H31N5O4S. The Hall–Kier alpha value is -4.54. The number of fused-ring (bicyclic) bond motifs is 2. The molecule has 1 aliphatic heterocycles. The molecule has 9 nitrogen and oxygen atoms in total. The minimum absolute atomic E-state index is 0.121. The molecule has 6 rings (SSSR count). The number of aromatic nitrogens is 3. The minimum atomic E-state index is -3.98. The van der Waals surface area contributed by atoms with E-state index in [0.29, 0.717) is 27.9 Å². The Bertz CT molecular complexity index is 1910. The molecule has 3 aromatic carbocycles. The Kier molecular flexibility index (Phi) is 7.04. The lowest BCUT2D eigenvalue weighted by Gasteiger charge is -2.21. The fraction of sp³-hybridized carbons (Fsp3) is 0.219. The second kappa shape index (κ2) is 10.7. The maximum absolute atomic E-state index is 13.8. The van der Waals surface area contributed by atoms with E-state index in [1.807, 2.05) is 13.0 Å². The average molecular weight is 582 g/mol. The Morgan fingerprint density at radius 2 is 1.76 bits per heavy atom. The lowest BCUT2D eigenvalue weighted by Crippen LogP contribution is -2.24. The number of hydrogen-bond donors (Lipinski definition) is 1. The van der Waals surface area contributed by atoms with Gasteiger partial charge in [0, 0.05) is 49.1 Å². The topological polar surface area (TPSA) is 106 Å². The third kappa shape index (κ3) is 4.82. The third-order valence-corrected chi connectivity index (χ3v) is 9.24. The number of rotatable bonds is 6. The number of carbonyl (C=O) groups excluding carboxylic acids is 1. The van der Waals surface area contributed by atoms with Crippen molar-refractivity contribution in [2.45, 2.75) is 24.8 Å². The second-order valence-corrected chi connectivity index (χ2v) is 12.4. The SMILES string of the molecule is COc1cc(-c2cnc3c(n2)c(-c2ccc(C(=O)N(C)C)cc2)cn3S(=O)(=O)c2ccc(C)cc2)cc2c1CNCC2. The molecule has 0 saturated heterocycles. The molecule has 1 aliphatic rings. The van der Waals surface area contributed by atoms with Gasteiger partial charge in [-0.25, -0.2) is 22.4 Å². The number of nitrogens with one attached hydrogen (secondary N) is 1. The molecular weight excluding hydrogens is 550 g/mol. The number of benzene rings is 3. The molecule has 0 aliphatic carbocycles. The molecule has 0 unspecified atom stereocenters. The summed E-state index contributed by atoms with van der Waals surface area (Å²) in [7, 11) is 1.07. The summed E-state index contributed by atoms with van der Waals surface area (Å²) in [6.45, 7) is 3.52. The normalized spacial score (nSPS) is 13.1. The van der Waals surface area contributed by atoms with Gasteiger partial charge < -0.3 is 15.0 Å². The van der Waals surface area contributed by atoms with Crippen molar-refractivity contribution in [2.24, 2.45) is 0 Å². The van der Waals surface area contributed by atoms with E-state index in [9.17, 15) is 13.2 Å². The summed E-state index contributed by atoms with van der Waals surface area (Å²) in [5.74, 6) is 0.655. The van der Waals surface area contributed by atoms with Gasteiger partial charge in [0.05, 0.1) is 23.9 Å². The highest BCUT2D eigenvalue weighted by Gasteiger charge is 2.25. The molecule has 42 heavy (non-hydrogen) atoms. The molecule has 0 spiro atoms. The fourth-order valence-corrected chi connectivity index (χ4v) is 6.58. The number of aryl methyl sites for hydroxylation is 1. The Labute approximate surface area is 244 Å². The van der Waals surface area contributed by atoms with Crippen molar-refractivity contribution in [2.75, 3.05) is 27.7 Å². The molecule has 0 bridgehead atoms. The smallest absolute Gasteiger partial charge is 0.269 e. The van der Waals surface area contributed by atoms with Crippen LogP contribution in [0.5, 0.6) is 5.75 Å². The van der Waals surface area contributed by atoms with Gasteiger partial charge in [0.2, 0.25) is 0 Å². The van der Waals surface area contributed by atoms with Gasteiger partial charge in [0.1, 0.15) is 11.3 Å². The molecule has 1 amide bonds. The number of methoxy groups -OCH3 is 1. The van der Waals surface area contributed by atoms with Crippen molar-refractivity contribution in [3.05, 3.63) is 95.3 Å². The van der Waals surface area contributed by atoms with Crippen molar-refractivity contribution < 1.29 is 17.9 Å². The van der Waals surface area contributed by atoms with Gasteiger partial charge in [-0.05, 0) is 67.4 Å². The summed E-state index contributed by atoms with van der Waals surface area (Å²) >= 11 is 0. The van der Waals surface area contributed by atoms with Gasteiger partial charge in [-0.2, -0.15) is 0 Å². The van der Waals surface area contributed by atoms with Crippen LogP contribution in [0.15, 0.2) is 78.0 Å². The first-order chi connectivity index (χ1) is 20.2. The highest BCUT2D eigenvalue weighted by Crippen LogP contribution is 2.35. The molecule has 0 atom stereocenters. The van der Waals surface area contributed by atoms with Crippen LogP contribution < -0.4 is 10.1 Å². The minimum Gasteiger partial charge on any atom is -0.496 e. The number of amides is 1. The van der Waals surface area contributed by atoms with E-state index in [2.05, 4.69) is 16.4 Å². The van der Waals surface area contributed by atoms with Crippen molar-refractivity contribution >= 4 is 27.1 Å². The lowest BCUT2D eigenvalue weighted by atomic mass is 9.96. The number of ether oxygens (including phenoxy) is 1. The van der Waals surface area contributed by atoms with Crippen LogP contribution in [-0.4, -0.2) is 60.9 Å². The predicted octanol–water partition coefficient (Wildman–Crippen LogP) is 4.67. The van der Waals surface area contributed by atoms with Gasteiger partial charge in [-0.3, -0.25) is 4.79 Å². The first-order valence-corrected chi connectivity index (χ1v) is 15.0. The molecule has 0 fully saturated rings. The van der Waals surface area contributed by atoms with Crippen LogP contribution in [0.4, 0.5) is 0 Å². The standard InChI is InChI=1S/C32H31N5O4S/c1-20-5-11-25(12-6-20)42(39,40)37-19-27(21-7-9-22(10-8-21)32(38)36(2)3)30-31(37)34-18-28(35-30)24-15-23-13-14-33-17-26(23)29(16-24)41-4/h5-12,15-16,18-19,33H,13-14,17H2,1-4H3. The van der Waals surface area contributed by atoms with E-state index in [0.717, 1.165) is 42.0 Å². The number of nitrogens with zero attached hydrogens (tertiary/aromatic N) is 4. The van der Waals surface area contributed by atoms with Crippen LogP contribution in [0, 0.1) is 6.92 Å². The van der Waals surface area contributed by atoms with Crippen molar-refractivity contribution in [3.8, 4) is 28.1 Å². The fourth-order valence-electron chi connectivity index (χ4n) is 5.27. The van der Waals surface area contributed by atoms with Crippen LogP contribution in [0.2, 0.25) is 0 Å². The zero-order valence-electron chi connectivity index (χ0n) is 23.9. The van der Waals surface area contributed by atoms with E-state index in [-0.39, 0.29) is 16.4 Å². The molecule has 3 heterocycles. The zero-order chi connectivity index (χ0) is 29.6. The van der Waals surface area contributed by atoms with Crippen LogP contribution >= 0.6 is 0 Å². The number of carbonyl (C=O) groups is 1. The summed E-state index contributed by atoms with van der Waals surface area (Å²) in [6, 6.07) is 17.8. The van der Waals surface area contributed by atoms with Crippen LogP contribution in [0.25, 0.3) is 33.5 Å². The summed E-state index contributed by atoms with van der Waals surface area (Å²) in [5, 5.41) is 3.38. The molecule has 0 saturated carbocycles. The summed E-state index contributed by atoms with van der Waals surface area (Å²) in [6.07, 6.45) is 4.03. The summed E-state index contributed by atoms with van der Waals surface area (Å²) < 4.78 is 34.6. The van der Waals surface area contributed by atoms with Crippen LogP contribution in [0.1, 0.15) is 27.0 Å². The lowest BCUT2D eigenvalue weighted by molar-refractivity contribution is 0.0827. The zero-order valence-corrected chi connectivity index (χ0v) is 24.7. The highest BCUT2D eigenvalue weighted by atomic mass is 32.2. The Balaban J connectivity index is 1.54. The van der Waals surface area contributed by atoms with E-state index >= 15 is 0 Å². The van der Waals surface area contributed by atoms with E-state index < -0.39 is 10.0 Å². The maximum atomic E-state index is 13.8. The third-order valence-electron chi connectivity index (χ3n) is 7.58. The monoisotopic (exact) mass is 581 g/mol. The molecule has 5 aromatic rings. The largest absolute Gasteiger partial charge is 0.496 e. The van der Waals surface area contributed by atoms with E-state index in [4.69, 9.17) is 9.72 Å².